The molecule has 0 amide bonds. The van der Waals surface area contributed by atoms with Crippen LogP contribution >= 0.6 is 0 Å². The molecule has 0 radical (unpaired) electrons. The van der Waals surface area contributed by atoms with Gasteiger partial charge in [-0.05, 0) is 17.7 Å². The summed E-state index contributed by atoms with van der Waals surface area (Å²) in [5, 5.41) is 15.0. The molecule has 2 aromatic rings. The Morgan fingerprint density at radius 3 is 2.44 bits per heavy atom. The van der Waals surface area contributed by atoms with Gasteiger partial charge in [0.15, 0.2) is 5.84 Å². The van der Waals surface area contributed by atoms with Crippen LogP contribution in [0.3, 0.4) is 0 Å². The average Bonchev–Trinajstić information content (AvgIpc) is 2.45. The zero-order valence-electron chi connectivity index (χ0n) is 9.88. The fourth-order valence-electron chi connectivity index (χ4n) is 1.71. The van der Waals surface area contributed by atoms with E-state index in [4.69, 9.17) is 10.9 Å². The van der Waals surface area contributed by atoms with Gasteiger partial charge >= 0.3 is 0 Å². The highest BCUT2D eigenvalue weighted by atomic mass is 16.4. The summed E-state index contributed by atoms with van der Waals surface area (Å²) in [4.78, 5) is 0. The molecule has 4 nitrogen and oxygen atoms in total. The van der Waals surface area contributed by atoms with Crippen LogP contribution in [0.5, 0.6) is 0 Å². The lowest BCUT2D eigenvalue weighted by atomic mass is 10.1. The lowest BCUT2D eigenvalue weighted by Gasteiger charge is -2.10. The topological polar surface area (TPSA) is 70.6 Å². The van der Waals surface area contributed by atoms with E-state index >= 15 is 0 Å². The molecule has 2 aromatic carbocycles. The van der Waals surface area contributed by atoms with Gasteiger partial charge in [-0.25, -0.2) is 0 Å². The van der Waals surface area contributed by atoms with E-state index in [-0.39, 0.29) is 5.84 Å². The third kappa shape index (κ3) is 2.79. The highest BCUT2D eigenvalue weighted by Gasteiger charge is 2.05. The minimum atomic E-state index is 0.103. The van der Waals surface area contributed by atoms with Crippen molar-refractivity contribution in [2.45, 2.75) is 6.54 Å². The number of oxime groups is 1. The van der Waals surface area contributed by atoms with E-state index in [0.29, 0.717) is 12.1 Å². The van der Waals surface area contributed by atoms with Gasteiger partial charge in [0.25, 0.3) is 0 Å². The summed E-state index contributed by atoms with van der Waals surface area (Å²) in [6.07, 6.45) is 0. The van der Waals surface area contributed by atoms with E-state index < -0.39 is 0 Å². The van der Waals surface area contributed by atoms with Crippen LogP contribution in [0.1, 0.15) is 11.1 Å². The SMILES string of the molecule is N/C(=N\O)c1ccccc1NCc1ccccc1. The van der Waals surface area contributed by atoms with Crippen molar-refractivity contribution in [2.24, 2.45) is 10.9 Å². The molecule has 0 fully saturated rings. The maximum atomic E-state index is 8.73. The van der Waals surface area contributed by atoms with Crippen molar-refractivity contribution >= 4 is 11.5 Å². The molecule has 0 saturated heterocycles. The summed E-state index contributed by atoms with van der Waals surface area (Å²) < 4.78 is 0. The second-order valence-electron chi connectivity index (χ2n) is 3.87. The molecule has 4 N–H and O–H groups in total. The molecule has 4 heteroatoms. The van der Waals surface area contributed by atoms with Gasteiger partial charge in [0, 0.05) is 17.8 Å². The molecule has 2 rings (SSSR count). The Morgan fingerprint density at radius 1 is 1.06 bits per heavy atom. The van der Waals surface area contributed by atoms with Crippen molar-refractivity contribution in [1.82, 2.24) is 0 Å². The van der Waals surface area contributed by atoms with Gasteiger partial charge in [-0.15, -0.1) is 0 Å². The van der Waals surface area contributed by atoms with Crippen LogP contribution in [0.25, 0.3) is 0 Å². The Hall–Kier alpha value is -2.49. The van der Waals surface area contributed by atoms with Crippen molar-refractivity contribution < 1.29 is 5.21 Å². The Bertz CT molecular complexity index is 538. The van der Waals surface area contributed by atoms with E-state index in [0.717, 1.165) is 5.69 Å². The fraction of sp³-hybridized carbons (Fsp3) is 0.0714. The first-order chi connectivity index (χ1) is 8.81. The molecule has 0 unspecified atom stereocenters. The maximum absolute atomic E-state index is 8.73. The Labute approximate surface area is 106 Å². The van der Waals surface area contributed by atoms with Gasteiger partial charge in [0.2, 0.25) is 0 Å². The number of anilines is 1. The van der Waals surface area contributed by atoms with Crippen molar-refractivity contribution in [1.29, 1.82) is 0 Å². The van der Waals surface area contributed by atoms with E-state index in [1.54, 1.807) is 0 Å². The van der Waals surface area contributed by atoms with Gasteiger partial charge in [0.05, 0.1) is 0 Å². The number of nitrogens with two attached hydrogens (primary N) is 1. The largest absolute Gasteiger partial charge is 0.409 e. The number of hydrogen-bond donors (Lipinski definition) is 3. The van der Waals surface area contributed by atoms with E-state index in [1.165, 1.54) is 5.56 Å². The first-order valence-corrected chi connectivity index (χ1v) is 5.66. The molecule has 0 aliphatic carbocycles. The summed E-state index contributed by atoms with van der Waals surface area (Å²) in [5.41, 5.74) is 8.33. The summed E-state index contributed by atoms with van der Waals surface area (Å²) >= 11 is 0. The number of benzene rings is 2. The molecule has 0 spiro atoms. The predicted octanol–water partition coefficient (Wildman–Crippen LogP) is 2.39. The third-order valence-corrected chi connectivity index (χ3v) is 2.64. The molecule has 92 valence electrons. The Balaban J connectivity index is 2.15. The maximum Gasteiger partial charge on any atom is 0.172 e. The fourth-order valence-corrected chi connectivity index (χ4v) is 1.71. The molecule has 0 bridgehead atoms. The predicted molar refractivity (Wildman–Crippen MR) is 72.7 cm³/mol. The number of rotatable bonds is 4. The molecule has 0 heterocycles. The van der Waals surface area contributed by atoms with Gasteiger partial charge < -0.3 is 16.3 Å². The number of amidine groups is 1. The van der Waals surface area contributed by atoms with Crippen LogP contribution in [-0.2, 0) is 6.54 Å². The molecule has 0 saturated carbocycles. The highest BCUT2D eigenvalue weighted by molar-refractivity contribution is 6.01. The molecule has 0 aliphatic rings. The van der Waals surface area contributed by atoms with Crippen molar-refractivity contribution in [3.63, 3.8) is 0 Å². The van der Waals surface area contributed by atoms with Crippen LogP contribution in [0.15, 0.2) is 59.8 Å². The standard InChI is InChI=1S/C14H15N3O/c15-14(17-18)12-8-4-5-9-13(12)16-10-11-6-2-1-3-7-11/h1-9,16,18H,10H2,(H2,15,17). The third-order valence-electron chi connectivity index (χ3n) is 2.64. The lowest BCUT2D eigenvalue weighted by Crippen LogP contribution is -2.15. The average molecular weight is 241 g/mol. The summed E-state index contributed by atoms with van der Waals surface area (Å²) in [6, 6.07) is 17.5. The lowest BCUT2D eigenvalue weighted by molar-refractivity contribution is 0.318. The van der Waals surface area contributed by atoms with Crippen LogP contribution < -0.4 is 11.1 Å². The zero-order chi connectivity index (χ0) is 12.8. The molecule has 0 aliphatic heterocycles. The molecule has 18 heavy (non-hydrogen) atoms. The molecular formula is C14H15N3O. The van der Waals surface area contributed by atoms with Gasteiger partial charge in [-0.1, -0.05) is 47.6 Å². The van der Waals surface area contributed by atoms with Crippen molar-refractivity contribution in [3.8, 4) is 0 Å². The van der Waals surface area contributed by atoms with Crippen molar-refractivity contribution in [2.75, 3.05) is 5.32 Å². The quantitative estimate of drug-likeness (QED) is 0.333. The van der Waals surface area contributed by atoms with Gasteiger partial charge in [0.1, 0.15) is 0 Å². The second kappa shape index (κ2) is 5.72. The summed E-state index contributed by atoms with van der Waals surface area (Å²) in [5.74, 6) is 0.103. The number of nitrogens with one attached hydrogen (secondary N) is 1. The number of para-hydroxylation sites is 1. The monoisotopic (exact) mass is 241 g/mol. The van der Waals surface area contributed by atoms with Crippen LogP contribution in [0, 0.1) is 0 Å². The highest BCUT2D eigenvalue weighted by Crippen LogP contribution is 2.15. The zero-order valence-corrected chi connectivity index (χ0v) is 9.88. The van der Waals surface area contributed by atoms with E-state index in [9.17, 15) is 0 Å². The first kappa shape index (κ1) is 12.0. The van der Waals surface area contributed by atoms with Crippen LogP contribution in [-0.4, -0.2) is 11.0 Å². The van der Waals surface area contributed by atoms with Crippen LogP contribution in [0.4, 0.5) is 5.69 Å². The second-order valence-corrected chi connectivity index (χ2v) is 3.87. The minimum absolute atomic E-state index is 0.103. The molecule has 0 aromatic heterocycles. The smallest absolute Gasteiger partial charge is 0.172 e. The van der Waals surface area contributed by atoms with Gasteiger partial charge in [-0.2, -0.15) is 0 Å². The Kier molecular flexibility index (Phi) is 3.81. The van der Waals surface area contributed by atoms with Crippen molar-refractivity contribution in [3.05, 3.63) is 65.7 Å². The van der Waals surface area contributed by atoms with Gasteiger partial charge in [-0.3, -0.25) is 0 Å². The van der Waals surface area contributed by atoms with E-state index in [1.807, 2.05) is 54.6 Å². The Morgan fingerprint density at radius 2 is 1.72 bits per heavy atom. The summed E-state index contributed by atoms with van der Waals surface area (Å²) in [7, 11) is 0. The normalized spacial score (nSPS) is 11.2. The van der Waals surface area contributed by atoms with Crippen LogP contribution in [0.2, 0.25) is 0 Å². The number of hydrogen-bond acceptors (Lipinski definition) is 3. The van der Waals surface area contributed by atoms with E-state index in [2.05, 4.69) is 10.5 Å². The first-order valence-electron chi connectivity index (χ1n) is 5.66. The summed E-state index contributed by atoms with van der Waals surface area (Å²) in [6.45, 7) is 0.691. The molecular weight excluding hydrogens is 226 g/mol. The minimum Gasteiger partial charge on any atom is -0.409 e. The molecule has 0 atom stereocenters. The number of nitrogens with zero attached hydrogens (tertiary/aromatic N) is 1.